The van der Waals surface area contributed by atoms with Gasteiger partial charge in [-0.1, -0.05) is 72.0 Å². The molecule has 60 heavy (non-hydrogen) atoms. The molecule has 2 heterocycles. The fraction of sp³-hybridized carbons (Fsp3) is 0.250. The maximum absolute atomic E-state index is 16.0. The molecular formula is C44H45N7O7S2. The molecule has 0 aliphatic heterocycles. The van der Waals surface area contributed by atoms with Crippen LogP contribution in [0, 0.1) is 0 Å². The number of thiazole rings is 1. The number of ether oxygens (including phenoxy) is 4. The van der Waals surface area contributed by atoms with E-state index in [4.69, 9.17) is 24.7 Å². The molecule has 0 aliphatic carbocycles. The molecular weight excluding hydrogens is 803 g/mol. The molecule has 7 aromatic rings. The Morgan fingerprint density at radius 3 is 1.88 bits per heavy atom. The lowest BCUT2D eigenvalue weighted by Gasteiger charge is -2.27. The number of anilines is 1. The van der Waals surface area contributed by atoms with Crippen molar-refractivity contribution in [1.29, 1.82) is 0 Å². The molecule has 7 rings (SSSR count). The van der Waals surface area contributed by atoms with Crippen molar-refractivity contribution in [2.75, 3.05) is 27.1 Å². The molecule has 310 valence electrons. The third kappa shape index (κ3) is 9.25. The predicted molar refractivity (Wildman–Crippen MR) is 230 cm³/mol. The van der Waals surface area contributed by atoms with Crippen LogP contribution in [0.3, 0.4) is 0 Å². The van der Waals surface area contributed by atoms with Gasteiger partial charge in [0.05, 0.1) is 49.4 Å². The maximum atomic E-state index is 16.0. The highest BCUT2D eigenvalue weighted by atomic mass is 32.2. The molecule has 0 bridgehead atoms. The second kappa shape index (κ2) is 17.5. The van der Waals surface area contributed by atoms with E-state index in [9.17, 15) is 4.79 Å². The number of benzene rings is 5. The van der Waals surface area contributed by atoms with E-state index in [0.717, 1.165) is 10.3 Å². The first-order valence-electron chi connectivity index (χ1n) is 18.9. The van der Waals surface area contributed by atoms with Crippen molar-refractivity contribution in [3.63, 3.8) is 0 Å². The molecule has 16 heteroatoms. The highest BCUT2D eigenvalue weighted by molar-refractivity contribution is 7.89. The fourth-order valence-corrected chi connectivity index (χ4v) is 9.43. The van der Waals surface area contributed by atoms with Gasteiger partial charge in [0, 0.05) is 24.2 Å². The number of hydrogen-bond donors (Lipinski definition) is 1. The molecule has 2 aromatic heterocycles. The van der Waals surface area contributed by atoms with E-state index in [1.54, 1.807) is 83.2 Å². The lowest BCUT2D eigenvalue weighted by atomic mass is 9.95. The zero-order valence-electron chi connectivity index (χ0n) is 34.1. The number of nitrogens with zero attached hydrogens (tertiary/aromatic N) is 6. The number of nitrogen functional groups attached to an aromatic ring is 1. The summed E-state index contributed by atoms with van der Waals surface area (Å²) in [6.07, 6.45) is -0.369. The van der Waals surface area contributed by atoms with Crippen molar-refractivity contribution in [3.8, 4) is 39.8 Å². The molecule has 0 amide bonds. The van der Waals surface area contributed by atoms with E-state index in [-0.39, 0.29) is 47.9 Å². The number of rotatable bonds is 15. The van der Waals surface area contributed by atoms with Crippen LogP contribution in [0.4, 0.5) is 5.13 Å². The highest BCUT2D eigenvalue weighted by Gasteiger charge is 2.36. The monoisotopic (exact) mass is 847 g/mol. The molecule has 0 unspecified atom stereocenters. The number of para-hydroxylation sites is 1. The number of esters is 1. The molecule has 0 saturated carbocycles. The first-order chi connectivity index (χ1) is 28.8. The molecule has 0 fully saturated rings. The summed E-state index contributed by atoms with van der Waals surface area (Å²) >= 11 is 1.32. The van der Waals surface area contributed by atoms with E-state index >= 15 is 8.42 Å². The summed E-state index contributed by atoms with van der Waals surface area (Å²) in [6.45, 7) is 5.38. The maximum Gasteiger partial charge on any atom is 0.310 e. The third-order valence-corrected chi connectivity index (χ3v) is 12.4. The Hall–Kier alpha value is -6.36. The topological polar surface area (TPSA) is 174 Å². The van der Waals surface area contributed by atoms with Gasteiger partial charge >= 0.3 is 5.97 Å². The minimum absolute atomic E-state index is 0.0388. The normalized spacial score (nSPS) is 11.8. The first-order valence-corrected chi connectivity index (χ1v) is 21.2. The van der Waals surface area contributed by atoms with Crippen molar-refractivity contribution in [2.24, 2.45) is 0 Å². The van der Waals surface area contributed by atoms with Gasteiger partial charge in [-0.3, -0.25) is 4.79 Å². The molecule has 0 aliphatic rings. The van der Waals surface area contributed by atoms with Crippen LogP contribution in [0.25, 0.3) is 32.7 Å². The minimum atomic E-state index is -4.59. The van der Waals surface area contributed by atoms with Crippen molar-refractivity contribution >= 4 is 42.7 Å². The zero-order chi connectivity index (χ0) is 42.6. The number of methoxy groups -OCH3 is 3. The first kappa shape index (κ1) is 41.8. The number of tetrazole rings is 1. The zero-order valence-corrected chi connectivity index (χ0v) is 35.7. The molecule has 2 N–H and O–H groups in total. The average molecular weight is 848 g/mol. The van der Waals surface area contributed by atoms with E-state index in [1.165, 1.54) is 15.6 Å². The smallest absolute Gasteiger partial charge is 0.310 e. The fourth-order valence-electron chi connectivity index (χ4n) is 6.84. The van der Waals surface area contributed by atoms with E-state index in [2.05, 4.69) is 20.5 Å². The van der Waals surface area contributed by atoms with E-state index in [0.29, 0.717) is 50.2 Å². The van der Waals surface area contributed by atoms with Crippen LogP contribution in [0.2, 0.25) is 0 Å². The SMILES string of the molecule is COc1ccc(CN(Cc2ccc(OC)cc2)S(=O)(=O)c2c(CC(=O)OC(C)(C)C)ccc(-c3cccc4sc(N)nc34)c2-c2nnnn2Cc2ccc(OC)cc2)cc1. The average Bonchev–Trinajstić information content (AvgIpc) is 3.85. The summed E-state index contributed by atoms with van der Waals surface area (Å²) in [5.74, 6) is 1.46. The van der Waals surface area contributed by atoms with Gasteiger partial charge in [-0.15, -0.1) is 5.10 Å². The predicted octanol–water partition coefficient (Wildman–Crippen LogP) is 7.55. The summed E-state index contributed by atoms with van der Waals surface area (Å²) in [7, 11) is 0.138. The Labute approximate surface area is 352 Å². The molecule has 0 atom stereocenters. The summed E-state index contributed by atoms with van der Waals surface area (Å²) in [6, 6.07) is 30.8. The summed E-state index contributed by atoms with van der Waals surface area (Å²) < 4.78 is 57.7. The van der Waals surface area contributed by atoms with Crippen molar-refractivity contribution in [2.45, 2.75) is 57.3 Å². The van der Waals surface area contributed by atoms with Gasteiger partial charge in [0.15, 0.2) is 11.0 Å². The number of carbonyl (C=O) groups is 1. The molecule has 5 aromatic carbocycles. The van der Waals surface area contributed by atoms with Crippen LogP contribution in [0.15, 0.2) is 108 Å². The number of sulfonamides is 1. The Bertz CT molecular complexity index is 2680. The van der Waals surface area contributed by atoms with Crippen LogP contribution in [-0.4, -0.2) is 70.8 Å². The van der Waals surface area contributed by atoms with E-state index in [1.807, 2.05) is 66.7 Å². The van der Waals surface area contributed by atoms with Gasteiger partial charge in [-0.25, -0.2) is 18.1 Å². The van der Waals surface area contributed by atoms with Crippen LogP contribution in [-0.2, 0) is 45.6 Å². The Morgan fingerprint density at radius 1 is 0.767 bits per heavy atom. The standard InChI is InChI=1S/C44H45N7O7S2/c1-44(2,3)58-38(52)24-31-16-23-35(36-8-7-9-37-40(36)46-43(45)59-37)39(42-47-48-49-51(42)27-30-14-21-34(57-6)22-15-30)41(31)60(53,54)50(25-28-10-17-32(55-4)18-11-28)26-29-12-19-33(56-5)20-13-29/h7-23H,24-27H2,1-6H3,(H2,45,46). The second-order valence-corrected chi connectivity index (χ2v) is 17.9. The van der Waals surface area contributed by atoms with Crippen molar-refractivity contribution in [3.05, 3.63) is 125 Å². The largest absolute Gasteiger partial charge is 0.497 e. The third-order valence-electron chi connectivity index (χ3n) is 9.60. The van der Waals surface area contributed by atoms with Crippen LogP contribution < -0.4 is 19.9 Å². The number of fused-ring (bicyclic) bond motifs is 1. The minimum Gasteiger partial charge on any atom is -0.497 e. The van der Waals surface area contributed by atoms with Crippen molar-refractivity contribution < 1.29 is 32.2 Å². The van der Waals surface area contributed by atoms with Gasteiger partial charge in [0.2, 0.25) is 10.0 Å². The van der Waals surface area contributed by atoms with E-state index < -0.39 is 21.6 Å². The van der Waals surface area contributed by atoms with Crippen molar-refractivity contribution in [1.82, 2.24) is 29.5 Å². The lowest BCUT2D eigenvalue weighted by molar-refractivity contribution is -0.153. The number of hydrogen-bond acceptors (Lipinski definition) is 13. The second-order valence-electron chi connectivity index (χ2n) is 14.9. The summed E-state index contributed by atoms with van der Waals surface area (Å²) in [5, 5.41) is 13.3. The quantitative estimate of drug-likeness (QED) is 0.101. The van der Waals surface area contributed by atoms with Gasteiger partial charge in [-0.2, -0.15) is 4.31 Å². The van der Waals surface area contributed by atoms with Gasteiger partial charge in [-0.05, 0) is 101 Å². The number of carbonyl (C=O) groups excluding carboxylic acids is 1. The molecule has 14 nitrogen and oxygen atoms in total. The highest BCUT2D eigenvalue weighted by Crippen LogP contribution is 2.43. The van der Waals surface area contributed by atoms with Crippen LogP contribution >= 0.6 is 11.3 Å². The lowest BCUT2D eigenvalue weighted by Crippen LogP contribution is -2.32. The Balaban J connectivity index is 1.51. The van der Waals surface area contributed by atoms with Crippen LogP contribution in [0.5, 0.6) is 17.2 Å². The summed E-state index contributed by atoms with van der Waals surface area (Å²) in [4.78, 5) is 18.3. The Morgan fingerprint density at radius 2 is 1.33 bits per heavy atom. The van der Waals surface area contributed by atoms with Gasteiger partial charge in [0.25, 0.3) is 0 Å². The van der Waals surface area contributed by atoms with Crippen LogP contribution in [0.1, 0.15) is 43.0 Å². The number of aromatic nitrogens is 5. The molecule has 0 radical (unpaired) electrons. The Kier molecular flexibility index (Phi) is 12.2. The van der Waals surface area contributed by atoms with Gasteiger partial charge in [0.1, 0.15) is 22.8 Å². The van der Waals surface area contributed by atoms with Gasteiger partial charge < -0.3 is 24.7 Å². The molecule has 0 saturated heterocycles. The number of nitrogens with two attached hydrogens (primary N) is 1. The molecule has 0 spiro atoms. The summed E-state index contributed by atoms with van der Waals surface area (Å²) in [5.41, 5.74) is 9.66.